The van der Waals surface area contributed by atoms with E-state index in [0.717, 1.165) is 17.7 Å². The van der Waals surface area contributed by atoms with Crippen LogP contribution in [0.15, 0.2) is 65.3 Å². The van der Waals surface area contributed by atoms with E-state index < -0.39 is 16.9 Å². The summed E-state index contributed by atoms with van der Waals surface area (Å²) in [5, 5.41) is 14.9. The molecule has 5 rings (SSSR count). The van der Waals surface area contributed by atoms with Crippen LogP contribution in [0.4, 0.5) is 19.0 Å². The molecule has 1 aliphatic heterocycles. The number of nitrogens with zero attached hydrogens (tertiary/aromatic N) is 4. The molecule has 0 saturated carbocycles. The summed E-state index contributed by atoms with van der Waals surface area (Å²) in [6, 6.07) is 14.0. The Morgan fingerprint density at radius 2 is 1.74 bits per heavy atom. The number of hydrogen-bond donors (Lipinski definition) is 0. The van der Waals surface area contributed by atoms with Crippen LogP contribution < -0.4 is 18.9 Å². The molecule has 0 saturated heterocycles. The number of rotatable bonds is 9. The lowest BCUT2D eigenvalue weighted by atomic mass is 10.1. The van der Waals surface area contributed by atoms with Crippen LogP contribution in [0.5, 0.6) is 23.3 Å². The number of aromatic nitrogens is 3. The Balaban J connectivity index is 1.12. The minimum atomic E-state index is -4.76. The van der Waals surface area contributed by atoms with E-state index in [0.29, 0.717) is 29.5 Å². The topological polar surface area (TPSA) is 124 Å². The van der Waals surface area contributed by atoms with E-state index in [9.17, 15) is 23.3 Å². The van der Waals surface area contributed by atoms with E-state index in [1.54, 1.807) is 34.9 Å². The number of halogens is 3. The summed E-state index contributed by atoms with van der Waals surface area (Å²) in [4.78, 5) is 14.1. The summed E-state index contributed by atoms with van der Waals surface area (Å²) in [6.07, 6.45) is -3.43. The van der Waals surface area contributed by atoms with Crippen molar-refractivity contribution in [1.29, 1.82) is 0 Å². The molecule has 0 amide bonds. The standard InChI is InChI=1S/C24H19F3N4O7/c1-23(13-30-11-21(31(32)33)28-22(30)37-23)14-35-17-4-2-15(3-5-17)20-10-19(38-29-20)12-34-16-6-8-18(9-7-16)36-24(25,26)27/h2-11H,12-14H2,1H3/t23-/m1/s1. The number of ether oxygens (including phenoxy) is 4. The van der Waals surface area contributed by atoms with Gasteiger partial charge < -0.3 is 33.6 Å². The molecule has 11 nitrogen and oxygen atoms in total. The lowest BCUT2D eigenvalue weighted by molar-refractivity contribution is -0.389. The molecule has 1 aliphatic rings. The fourth-order valence-electron chi connectivity index (χ4n) is 3.72. The van der Waals surface area contributed by atoms with Gasteiger partial charge in [-0.15, -0.1) is 13.2 Å². The van der Waals surface area contributed by atoms with Gasteiger partial charge in [0.05, 0.1) is 6.54 Å². The van der Waals surface area contributed by atoms with E-state index >= 15 is 0 Å². The molecular weight excluding hydrogens is 513 g/mol. The number of alkyl halides is 3. The first kappa shape index (κ1) is 24.9. The summed E-state index contributed by atoms with van der Waals surface area (Å²) in [5.74, 6) is 0.719. The summed E-state index contributed by atoms with van der Waals surface area (Å²) < 4.78 is 64.6. The van der Waals surface area contributed by atoms with Crippen LogP contribution in [0.25, 0.3) is 11.3 Å². The van der Waals surface area contributed by atoms with Crippen molar-refractivity contribution < 1.29 is 41.6 Å². The van der Waals surface area contributed by atoms with E-state index in [1.807, 2.05) is 6.92 Å². The van der Waals surface area contributed by atoms with Gasteiger partial charge in [0, 0.05) is 16.6 Å². The van der Waals surface area contributed by atoms with E-state index in [1.165, 1.54) is 18.3 Å². The third kappa shape index (κ3) is 5.79. The zero-order valence-corrected chi connectivity index (χ0v) is 19.7. The maximum absolute atomic E-state index is 12.3. The molecule has 0 fully saturated rings. The maximum Gasteiger partial charge on any atom is 0.573 e. The Kier molecular flexibility index (Phi) is 6.30. The quantitative estimate of drug-likeness (QED) is 0.212. The van der Waals surface area contributed by atoms with Crippen molar-refractivity contribution in [3.05, 3.63) is 76.7 Å². The number of hydrogen-bond acceptors (Lipinski definition) is 9. The second-order valence-corrected chi connectivity index (χ2v) is 8.62. The molecular formula is C24H19F3N4O7. The molecule has 38 heavy (non-hydrogen) atoms. The molecule has 2 aromatic heterocycles. The number of nitro groups is 1. The molecule has 3 heterocycles. The summed E-state index contributed by atoms with van der Waals surface area (Å²) in [5.41, 5.74) is 0.585. The Labute approximate surface area is 212 Å². The van der Waals surface area contributed by atoms with E-state index in [4.69, 9.17) is 18.7 Å². The van der Waals surface area contributed by atoms with Crippen molar-refractivity contribution in [1.82, 2.24) is 14.7 Å². The van der Waals surface area contributed by atoms with Crippen LogP contribution in [0, 0.1) is 10.1 Å². The Hall–Kier alpha value is -4.75. The first-order valence-corrected chi connectivity index (χ1v) is 11.1. The van der Waals surface area contributed by atoms with Crippen molar-refractivity contribution in [3.63, 3.8) is 0 Å². The van der Waals surface area contributed by atoms with Crippen LogP contribution in [0.3, 0.4) is 0 Å². The maximum atomic E-state index is 12.3. The van der Waals surface area contributed by atoms with Gasteiger partial charge >= 0.3 is 18.2 Å². The van der Waals surface area contributed by atoms with Gasteiger partial charge in [-0.3, -0.25) is 4.57 Å². The minimum Gasteiger partial charge on any atom is -0.489 e. The highest BCUT2D eigenvalue weighted by Crippen LogP contribution is 2.32. The van der Waals surface area contributed by atoms with Gasteiger partial charge in [0.2, 0.25) is 0 Å². The van der Waals surface area contributed by atoms with Crippen molar-refractivity contribution in [2.45, 2.75) is 32.0 Å². The fourth-order valence-corrected chi connectivity index (χ4v) is 3.72. The molecule has 0 bridgehead atoms. The molecule has 198 valence electrons. The van der Waals surface area contributed by atoms with Crippen LogP contribution in [0.1, 0.15) is 12.7 Å². The third-order valence-corrected chi connectivity index (χ3v) is 5.45. The van der Waals surface area contributed by atoms with Gasteiger partial charge in [0.1, 0.15) is 42.4 Å². The second kappa shape index (κ2) is 9.61. The van der Waals surface area contributed by atoms with Crippen LogP contribution in [-0.2, 0) is 13.2 Å². The van der Waals surface area contributed by atoms with Crippen LogP contribution in [0.2, 0.25) is 0 Å². The molecule has 0 spiro atoms. The third-order valence-electron chi connectivity index (χ3n) is 5.45. The molecule has 0 unspecified atom stereocenters. The predicted octanol–water partition coefficient (Wildman–Crippen LogP) is 5.15. The van der Waals surface area contributed by atoms with Crippen molar-refractivity contribution >= 4 is 5.82 Å². The average Bonchev–Trinajstić information content (AvgIpc) is 3.56. The van der Waals surface area contributed by atoms with Gasteiger partial charge in [-0.2, -0.15) is 0 Å². The Morgan fingerprint density at radius 3 is 2.39 bits per heavy atom. The first-order valence-electron chi connectivity index (χ1n) is 11.1. The lowest BCUT2D eigenvalue weighted by Crippen LogP contribution is -2.38. The van der Waals surface area contributed by atoms with Gasteiger partial charge in [0.25, 0.3) is 0 Å². The number of imidazole rings is 1. The monoisotopic (exact) mass is 532 g/mol. The second-order valence-electron chi connectivity index (χ2n) is 8.62. The molecule has 0 radical (unpaired) electrons. The highest BCUT2D eigenvalue weighted by atomic mass is 19.4. The molecule has 0 N–H and O–H groups in total. The molecule has 0 aliphatic carbocycles. The molecule has 2 aromatic carbocycles. The Bertz CT molecular complexity index is 1410. The fraction of sp³-hybridized carbons (Fsp3) is 0.250. The SMILES string of the molecule is C[C@]1(COc2ccc(-c3cc(COc4ccc(OC(F)(F)F)cc4)on3)cc2)Cn2cc([N+](=O)[O-])nc2O1. The molecule has 4 aromatic rings. The molecule has 14 heteroatoms. The zero-order valence-electron chi connectivity index (χ0n) is 19.7. The molecule has 1 atom stereocenters. The van der Waals surface area contributed by atoms with Crippen LogP contribution in [-0.4, -0.2) is 38.2 Å². The van der Waals surface area contributed by atoms with Crippen molar-refractivity contribution in [2.75, 3.05) is 6.61 Å². The normalized spacial score (nSPS) is 16.5. The Morgan fingerprint density at radius 1 is 1.08 bits per heavy atom. The average molecular weight is 532 g/mol. The van der Waals surface area contributed by atoms with Gasteiger partial charge in [-0.25, -0.2) is 0 Å². The number of benzene rings is 2. The largest absolute Gasteiger partial charge is 0.573 e. The number of fused-ring (bicyclic) bond motifs is 1. The van der Waals surface area contributed by atoms with Crippen LogP contribution >= 0.6 is 0 Å². The van der Waals surface area contributed by atoms with Gasteiger partial charge in [0.15, 0.2) is 11.4 Å². The lowest BCUT2D eigenvalue weighted by Gasteiger charge is -2.22. The zero-order chi connectivity index (χ0) is 26.9. The van der Waals surface area contributed by atoms with Gasteiger partial charge in [-0.05, 0) is 60.4 Å². The van der Waals surface area contributed by atoms with Crippen molar-refractivity contribution in [3.8, 4) is 34.5 Å². The first-order chi connectivity index (χ1) is 18.1. The van der Waals surface area contributed by atoms with Crippen molar-refractivity contribution in [2.24, 2.45) is 0 Å². The summed E-state index contributed by atoms with van der Waals surface area (Å²) in [6.45, 7) is 2.40. The van der Waals surface area contributed by atoms with Gasteiger partial charge in [-0.1, -0.05) is 5.16 Å². The highest BCUT2D eigenvalue weighted by molar-refractivity contribution is 5.59. The highest BCUT2D eigenvalue weighted by Gasteiger charge is 2.41. The predicted molar refractivity (Wildman–Crippen MR) is 123 cm³/mol. The smallest absolute Gasteiger partial charge is 0.489 e. The van der Waals surface area contributed by atoms with E-state index in [2.05, 4.69) is 14.9 Å². The minimum absolute atomic E-state index is 0.0207. The summed E-state index contributed by atoms with van der Waals surface area (Å²) in [7, 11) is 0. The summed E-state index contributed by atoms with van der Waals surface area (Å²) >= 11 is 0. The van der Waals surface area contributed by atoms with E-state index in [-0.39, 0.29) is 30.8 Å².